The highest BCUT2D eigenvalue weighted by atomic mass is 16.7. The SMILES string of the molecule is O=C(NCCc1ccncc1)ON1C(=O)CCC1=O.O=C1CCC(=O)N1O. The second kappa shape index (κ2) is 9.38. The molecular weight excluding hydrogens is 360 g/mol. The van der Waals surface area contributed by atoms with Crippen LogP contribution in [0.25, 0.3) is 0 Å². The quantitative estimate of drug-likeness (QED) is 0.547. The minimum Gasteiger partial charge on any atom is -0.319 e. The van der Waals surface area contributed by atoms with Gasteiger partial charge in [0.2, 0.25) is 0 Å². The summed E-state index contributed by atoms with van der Waals surface area (Å²) >= 11 is 0. The van der Waals surface area contributed by atoms with Gasteiger partial charge in [0.1, 0.15) is 0 Å². The maximum atomic E-state index is 11.4. The molecule has 11 nitrogen and oxygen atoms in total. The molecule has 3 rings (SSSR count). The Morgan fingerprint density at radius 2 is 1.52 bits per heavy atom. The first-order chi connectivity index (χ1) is 12.9. The van der Waals surface area contributed by atoms with Crippen molar-refractivity contribution in [3.8, 4) is 0 Å². The van der Waals surface area contributed by atoms with Gasteiger partial charge in [-0.15, -0.1) is 5.06 Å². The third-order valence-electron chi connectivity index (χ3n) is 3.64. The number of carbonyl (C=O) groups is 5. The summed E-state index contributed by atoms with van der Waals surface area (Å²) in [6.07, 6.45) is 3.60. The molecule has 0 atom stereocenters. The van der Waals surface area contributed by atoms with E-state index in [2.05, 4.69) is 15.1 Å². The van der Waals surface area contributed by atoms with Crippen LogP contribution in [0.1, 0.15) is 31.2 Å². The molecule has 2 N–H and O–H groups in total. The molecule has 11 heteroatoms. The van der Waals surface area contributed by atoms with E-state index in [1.54, 1.807) is 12.4 Å². The summed E-state index contributed by atoms with van der Waals surface area (Å²) in [5.74, 6) is -1.99. The summed E-state index contributed by atoms with van der Waals surface area (Å²) in [4.78, 5) is 62.8. The zero-order valence-electron chi connectivity index (χ0n) is 14.3. The fraction of sp³-hybridized carbons (Fsp3) is 0.375. The Balaban J connectivity index is 0.000000273. The van der Waals surface area contributed by atoms with Crippen LogP contribution in [-0.2, 0) is 30.4 Å². The van der Waals surface area contributed by atoms with Gasteiger partial charge >= 0.3 is 6.09 Å². The number of pyridine rings is 1. The van der Waals surface area contributed by atoms with Crippen LogP contribution in [0.15, 0.2) is 24.5 Å². The Kier molecular flexibility index (Phi) is 6.94. The standard InChI is InChI=1S/C12H13N3O4.C4H5NO3/c16-10-1-2-11(17)15(10)19-12(18)14-8-5-9-3-6-13-7-4-9;6-3-1-2-4(7)5(3)8/h3-4,6-7H,1-2,5,8H2,(H,14,18);8H,1-2H2. The van der Waals surface area contributed by atoms with Crippen molar-refractivity contribution < 1.29 is 34.0 Å². The zero-order chi connectivity index (χ0) is 19.8. The monoisotopic (exact) mass is 378 g/mol. The fourth-order valence-electron chi connectivity index (χ4n) is 2.20. The molecule has 1 aromatic rings. The van der Waals surface area contributed by atoms with E-state index in [4.69, 9.17) is 5.21 Å². The zero-order valence-corrected chi connectivity index (χ0v) is 14.3. The Hall–Kier alpha value is -3.34. The Morgan fingerprint density at radius 1 is 1.00 bits per heavy atom. The molecule has 144 valence electrons. The lowest BCUT2D eigenvalue weighted by molar-refractivity contribution is -0.172. The molecule has 0 spiro atoms. The van der Waals surface area contributed by atoms with Crippen molar-refractivity contribution in [1.82, 2.24) is 20.4 Å². The van der Waals surface area contributed by atoms with E-state index < -0.39 is 29.7 Å². The van der Waals surface area contributed by atoms with Crippen LogP contribution in [0.5, 0.6) is 0 Å². The lowest BCUT2D eigenvalue weighted by Crippen LogP contribution is -2.37. The summed E-state index contributed by atoms with van der Waals surface area (Å²) in [5, 5.41) is 11.6. The number of carbonyl (C=O) groups excluding carboxylic acids is 5. The Bertz CT molecular complexity index is 706. The molecule has 2 saturated heterocycles. The maximum absolute atomic E-state index is 11.4. The number of amides is 5. The lowest BCUT2D eigenvalue weighted by Gasteiger charge is -2.13. The van der Waals surface area contributed by atoms with Crippen molar-refractivity contribution in [2.75, 3.05) is 6.54 Å². The van der Waals surface area contributed by atoms with Gasteiger partial charge in [0.15, 0.2) is 0 Å². The summed E-state index contributed by atoms with van der Waals surface area (Å²) in [7, 11) is 0. The van der Waals surface area contributed by atoms with Crippen LogP contribution in [0.2, 0.25) is 0 Å². The van der Waals surface area contributed by atoms with Gasteiger partial charge in [-0.05, 0) is 24.1 Å². The molecule has 0 unspecified atom stereocenters. The highest BCUT2D eigenvalue weighted by molar-refractivity contribution is 6.01. The van der Waals surface area contributed by atoms with E-state index in [9.17, 15) is 24.0 Å². The molecule has 2 aliphatic rings. The lowest BCUT2D eigenvalue weighted by atomic mass is 10.2. The summed E-state index contributed by atoms with van der Waals surface area (Å²) in [6, 6.07) is 3.67. The maximum Gasteiger partial charge on any atom is 0.432 e. The third-order valence-corrected chi connectivity index (χ3v) is 3.64. The van der Waals surface area contributed by atoms with Crippen LogP contribution in [0.4, 0.5) is 4.79 Å². The van der Waals surface area contributed by atoms with Crippen molar-refractivity contribution in [1.29, 1.82) is 0 Å². The Labute approximate surface area is 153 Å². The molecule has 3 heterocycles. The van der Waals surface area contributed by atoms with Gasteiger partial charge in [-0.25, -0.2) is 4.79 Å². The van der Waals surface area contributed by atoms with Gasteiger partial charge in [-0.3, -0.25) is 29.4 Å². The molecule has 5 amide bonds. The summed E-state index contributed by atoms with van der Waals surface area (Å²) in [5.41, 5.74) is 1.02. The van der Waals surface area contributed by atoms with Gasteiger partial charge < -0.3 is 10.2 Å². The van der Waals surface area contributed by atoms with Crippen LogP contribution < -0.4 is 5.32 Å². The third kappa shape index (κ3) is 5.85. The average Bonchev–Trinajstić information content (AvgIpc) is 3.13. The summed E-state index contributed by atoms with van der Waals surface area (Å²) in [6.45, 7) is 0.346. The number of rotatable bonds is 4. The smallest absolute Gasteiger partial charge is 0.319 e. The van der Waals surface area contributed by atoms with Crippen molar-refractivity contribution in [3.63, 3.8) is 0 Å². The van der Waals surface area contributed by atoms with Crippen LogP contribution in [-0.4, -0.2) is 56.6 Å². The average molecular weight is 378 g/mol. The molecule has 0 bridgehead atoms. The second-order valence-electron chi connectivity index (χ2n) is 5.59. The number of nitrogens with one attached hydrogen (secondary N) is 1. The molecule has 0 aliphatic carbocycles. The molecule has 0 saturated carbocycles. The first kappa shape index (κ1) is 20.0. The first-order valence-electron chi connectivity index (χ1n) is 8.13. The molecule has 27 heavy (non-hydrogen) atoms. The molecule has 2 fully saturated rings. The van der Waals surface area contributed by atoms with Crippen LogP contribution in [0.3, 0.4) is 0 Å². The van der Waals surface area contributed by atoms with Crippen molar-refractivity contribution >= 4 is 29.7 Å². The highest BCUT2D eigenvalue weighted by Gasteiger charge is 2.32. The van der Waals surface area contributed by atoms with E-state index in [0.29, 0.717) is 18.0 Å². The van der Waals surface area contributed by atoms with E-state index in [1.165, 1.54) is 0 Å². The Morgan fingerprint density at radius 3 is 2.00 bits per heavy atom. The van der Waals surface area contributed by atoms with Crippen molar-refractivity contribution in [3.05, 3.63) is 30.1 Å². The fourth-order valence-corrected chi connectivity index (χ4v) is 2.20. The normalized spacial score (nSPS) is 16.3. The minimum absolute atomic E-state index is 0.0864. The topological polar surface area (TPSA) is 146 Å². The van der Waals surface area contributed by atoms with E-state index in [1.807, 2.05) is 12.1 Å². The summed E-state index contributed by atoms with van der Waals surface area (Å²) < 4.78 is 0. The van der Waals surface area contributed by atoms with E-state index >= 15 is 0 Å². The predicted octanol–water partition coefficient (Wildman–Crippen LogP) is -0.0611. The van der Waals surface area contributed by atoms with Gasteiger partial charge in [0.05, 0.1) is 0 Å². The number of hydrogen-bond acceptors (Lipinski definition) is 8. The van der Waals surface area contributed by atoms with Gasteiger partial charge in [-0.2, -0.15) is 5.06 Å². The predicted molar refractivity (Wildman–Crippen MR) is 86.4 cm³/mol. The molecule has 2 aliphatic heterocycles. The number of hydroxylamine groups is 4. The number of nitrogens with zero attached hydrogens (tertiary/aromatic N) is 3. The van der Waals surface area contributed by atoms with Gasteiger partial charge in [0.25, 0.3) is 23.6 Å². The van der Waals surface area contributed by atoms with Crippen molar-refractivity contribution in [2.24, 2.45) is 0 Å². The molecule has 1 aromatic heterocycles. The van der Waals surface area contributed by atoms with Crippen LogP contribution >= 0.6 is 0 Å². The highest BCUT2D eigenvalue weighted by Crippen LogP contribution is 2.11. The van der Waals surface area contributed by atoms with Crippen LogP contribution in [0, 0.1) is 0 Å². The second-order valence-corrected chi connectivity index (χ2v) is 5.59. The molecule has 0 aromatic carbocycles. The largest absolute Gasteiger partial charge is 0.432 e. The van der Waals surface area contributed by atoms with E-state index in [0.717, 1.165) is 5.56 Å². The van der Waals surface area contributed by atoms with E-state index in [-0.39, 0.29) is 30.7 Å². The number of imide groups is 2. The number of hydrogen-bond donors (Lipinski definition) is 2. The number of aromatic nitrogens is 1. The van der Waals surface area contributed by atoms with Gasteiger partial charge in [-0.1, -0.05) is 0 Å². The van der Waals surface area contributed by atoms with Crippen molar-refractivity contribution in [2.45, 2.75) is 32.1 Å². The minimum atomic E-state index is -0.808. The first-order valence-corrected chi connectivity index (χ1v) is 8.13. The van der Waals surface area contributed by atoms with Gasteiger partial charge in [0, 0.05) is 44.6 Å². The molecular formula is C16H18N4O7. The molecule has 0 radical (unpaired) electrons.